The van der Waals surface area contributed by atoms with Gasteiger partial charge in [0.2, 0.25) is 5.88 Å². The summed E-state index contributed by atoms with van der Waals surface area (Å²) >= 11 is 0. The van der Waals surface area contributed by atoms with Crippen LogP contribution >= 0.6 is 0 Å². The topological polar surface area (TPSA) is 39.4 Å². The van der Waals surface area contributed by atoms with E-state index in [0.717, 1.165) is 45.1 Å². The summed E-state index contributed by atoms with van der Waals surface area (Å²) < 4.78 is 8.92. The molecule has 0 aliphatic carbocycles. The number of nitrogens with zero attached hydrogens (tertiary/aromatic N) is 3. The first-order valence-corrected chi connectivity index (χ1v) is 17.0. The second-order valence-electron chi connectivity index (χ2n) is 15.6. The Morgan fingerprint density at radius 1 is 0.740 bits per heavy atom. The molecule has 0 fully saturated rings. The summed E-state index contributed by atoms with van der Waals surface area (Å²) in [7, 11) is 0. The van der Waals surface area contributed by atoms with E-state index in [2.05, 4.69) is 142 Å². The van der Waals surface area contributed by atoms with Gasteiger partial charge in [0, 0.05) is 34.3 Å². The fourth-order valence-electron chi connectivity index (χ4n) is 7.54. The van der Waals surface area contributed by atoms with Gasteiger partial charge in [-0.3, -0.25) is 0 Å². The Morgan fingerprint density at radius 2 is 1.52 bits per heavy atom. The minimum Gasteiger partial charge on any atom is -0.459 e. The van der Waals surface area contributed by atoms with E-state index >= 15 is 0 Å². The van der Waals surface area contributed by atoms with E-state index in [1.807, 2.05) is 24.4 Å². The van der Waals surface area contributed by atoms with Gasteiger partial charge in [0.25, 0.3) is 0 Å². The molecule has 248 valence electrons. The van der Waals surface area contributed by atoms with Crippen LogP contribution < -0.4 is 4.74 Å². The van der Waals surface area contributed by atoms with Crippen molar-refractivity contribution in [1.29, 1.82) is 0 Å². The zero-order valence-electron chi connectivity index (χ0n) is 29.1. The van der Waals surface area contributed by atoms with Crippen LogP contribution in [0, 0.1) is 17.5 Å². The maximum Gasteiger partial charge on any atom is 2.00 e. The number of benzene rings is 5. The molecule has 50 heavy (non-hydrogen) atoms. The summed E-state index contributed by atoms with van der Waals surface area (Å²) in [5, 5.41) is 9.48. The van der Waals surface area contributed by atoms with Crippen molar-refractivity contribution < 1.29 is 25.8 Å². The van der Waals surface area contributed by atoms with Crippen LogP contribution in [0.4, 0.5) is 0 Å². The Balaban J connectivity index is 0.00000361. The minimum atomic E-state index is 0. The molecule has 0 saturated heterocycles. The maximum atomic E-state index is 6.62. The average molecular weight is 831 g/mol. The van der Waals surface area contributed by atoms with Gasteiger partial charge in [-0.2, -0.15) is 17.1 Å². The standard InChI is InChI=1S/C45H37N3O.Pt/c1-44(2,3)26-27-21-30-24-39(49-32-13-9-12-29(23-32)37-25-31(19-20-46-37)45(4,5)6)47-43-40(30)36(22-27)34-15-10-16-35-41-33-14-8-7-11-28(33)17-18-38(41)48(43)42(34)35;/h7-17,19-22,24-25H,26H2,1-6H3;/q-2;+2. The van der Waals surface area contributed by atoms with Crippen molar-refractivity contribution in [2.24, 2.45) is 5.41 Å². The Morgan fingerprint density at radius 3 is 2.34 bits per heavy atom. The van der Waals surface area contributed by atoms with E-state index in [-0.39, 0.29) is 31.9 Å². The van der Waals surface area contributed by atoms with Gasteiger partial charge in [0.1, 0.15) is 5.65 Å². The van der Waals surface area contributed by atoms with Gasteiger partial charge in [0.05, 0.1) is 0 Å². The number of ether oxygens (including phenoxy) is 1. The number of aromatic nitrogens is 3. The number of hydrogen-bond donors (Lipinski definition) is 0. The normalized spacial score (nSPS) is 12.5. The van der Waals surface area contributed by atoms with Crippen molar-refractivity contribution in [3.05, 3.63) is 127 Å². The van der Waals surface area contributed by atoms with E-state index in [0.29, 0.717) is 11.6 Å². The van der Waals surface area contributed by atoms with E-state index in [1.165, 1.54) is 43.4 Å². The van der Waals surface area contributed by atoms with E-state index in [4.69, 9.17) is 9.72 Å². The fraction of sp³-hybridized carbons (Fsp3) is 0.200. The van der Waals surface area contributed by atoms with Gasteiger partial charge >= 0.3 is 21.1 Å². The molecule has 0 unspecified atom stereocenters. The van der Waals surface area contributed by atoms with Gasteiger partial charge in [-0.25, -0.2) is 0 Å². The van der Waals surface area contributed by atoms with Crippen molar-refractivity contribution in [1.82, 2.24) is 14.4 Å². The Bertz CT molecular complexity index is 2750. The summed E-state index contributed by atoms with van der Waals surface area (Å²) in [6.07, 6.45) is 2.83. The average Bonchev–Trinajstić information content (AvgIpc) is 3.41. The Kier molecular flexibility index (Phi) is 7.55. The molecular weight excluding hydrogens is 794 g/mol. The Hall–Kier alpha value is -4.79. The molecular formula is C45H37N3OPt. The third kappa shape index (κ3) is 5.33. The van der Waals surface area contributed by atoms with Crippen molar-refractivity contribution in [3.8, 4) is 22.9 Å². The first kappa shape index (κ1) is 32.4. The maximum absolute atomic E-state index is 6.62. The summed E-state index contributed by atoms with van der Waals surface area (Å²) in [6.45, 7) is 13.5. The first-order chi connectivity index (χ1) is 23.5. The van der Waals surface area contributed by atoms with E-state index < -0.39 is 0 Å². The molecule has 0 bridgehead atoms. The van der Waals surface area contributed by atoms with Crippen LogP contribution in [0.1, 0.15) is 52.7 Å². The van der Waals surface area contributed by atoms with Gasteiger partial charge in [-0.1, -0.05) is 113 Å². The molecule has 0 aliphatic heterocycles. The number of pyridine rings is 3. The molecule has 0 saturated carbocycles. The summed E-state index contributed by atoms with van der Waals surface area (Å²) in [5.41, 5.74) is 7.48. The third-order valence-corrected chi connectivity index (χ3v) is 9.65. The number of hydrogen-bond acceptors (Lipinski definition) is 3. The molecule has 9 rings (SSSR count). The molecule has 4 aromatic heterocycles. The fourth-order valence-corrected chi connectivity index (χ4v) is 7.54. The van der Waals surface area contributed by atoms with Crippen LogP contribution in [0.2, 0.25) is 0 Å². The number of para-hydroxylation sites is 1. The van der Waals surface area contributed by atoms with Crippen LogP contribution in [0.5, 0.6) is 11.6 Å². The van der Waals surface area contributed by atoms with Crippen LogP contribution in [-0.4, -0.2) is 14.4 Å². The predicted octanol–water partition coefficient (Wildman–Crippen LogP) is 11.9. The van der Waals surface area contributed by atoms with Crippen molar-refractivity contribution in [2.75, 3.05) is 0 Å². The molecule has 0 aliphatic rings. The van der Waals surface area contributed by atoms with Crippen LogP contribution in [0.25, 0.3) is 71.0 Å². The molecule has 0 N–H and O–H groups in total. The van der Waals surface area contributed by atoms with Crippen LogP contribution in [0.3, 0.4) is 0 Å². The van der Waals surface area contributed by atoms with Gasteiger partial charge < -0.3 is 14.1 Å². The molecule has 5 heteroatoms. The molecule has 4 nitrogen and oxygen atoms in total. The van der Waals surface area contributed by atoms with Crippen molar-refractivity contribution in [2.45, 2.75) is 53.4 Å². The molecule has 9 aromatic rings. The second-order valence-corrected chi connectivity index (χ2v) is 15.6. The van der Waals surface area contributed by atoms with E-state index in [1.54, 1.807) is 0 Å². The zero-order valence-corrected chi connectivity index (χ0v) is 31.4. The molecule has 0 amide bonds. The smallest absolute Gasteiger partial charge is 0.459 e. The van der Waals surface area contributed by atoms with Gasteiger partial charge in [-0.15, -0.1) is 40.6 Å². The van der Waals surface area contributed by atoms with Crippen molar-refractivity contribution in [3.63, 3.8) is 0 Å². The number of rotatable bonds is 4. The molecule has 4 heterocycles. The van der Waals surface area contributed by atoms with Crippen LogP contribution in [-0.2, 0) is 32.9 Å². The Labute approximate surface area is 306 Å². The van der Waals surface area contributed by atoms with Crippen LogP contribution in [0.15, 0.2) is 103 Å². The van der Waals surface area contributed by atoms with Gasteiger partial charge in [-0.05, 0) is 56.3 Å². The largest absolute Gasteiger partial charge is 2.00 e. The van der Waals surface area contributed by atoms with E-state index in [9.17, 15) is 0 Å². The summed E-state index contributed by atoms with van der Waals surface area (Å²) in [6, 6.07) is 41.5. The van der Waals surface area contributed by atoms with Crippen molar-refractivity contribution >= 4 is 59.8 Å². The zero-order chi connectivity index (χ0) is 33.7. The molecule has 5 aromatic carbocycles. The molecule has 0 atom stereocenters. The minimum absolute atomic E-state index is 0. The number of fused-ring (bicyclic) bond motifs is 7. The van der Waals surface area contributed by atoms with Gasteiger partial charge in [0.15, 0.2) is 0 Å². The predicted molar refractivity (Wildman–Crippen MR) is 203 cm³/mol. The monoisotopic (exact) mass is 830 g/mol. The molecule has 0 spiro atoms. The summed E-state index contributed by atoms with van der Waals surface area (Å²) in [5.74, 6) is 1.13. The SMILES string of the molecule is CC(C)(C)Cc1cc2cc(Oc3[c-]c(-c4cc(C(C)(C)C)ccn4)ccc3)nc3c2c(c1)c1cccc2c4c5ccccc5c[c-]c4n3c12.[Pt+2]. The second kappa shape index (κ2) is 11.6. The molecule has 0 radical (unpaired) electrons. The summed E-state index contributed by atoms with van der Waals surface area (Å²) in [4.78, 5) is 9.97. The third-order valence-electron chi connectivity index (χ3n) is 9.65. The first-order valence-electron chi connectivity index (χ1n) is 17.0. The quantitative estimate of drug-likeness (QED) is 0.101.